The number of benzene rings is 2. The Kier molecular flexibility index (Phi) is 9.82. The van der Waals surface area contributed by atoms with Gasteiger partial charge in [0.05, 0.1) is 34.4 Å². The monoisotopic (exact) mass is 760 g/mol. The molecule has 2 unspecified atom stereocenters. The number of amides is 2. The van der Waals surface area contributed by atoms with Gasteiger partial charge in [-0.15, -0.1) is 0 Å². The zero-order valence-electron chi connectivity index (χ0n) is 30.0. The number of nitrogens with zero attached hydrogens (tertiary/aromatic N) is 6. The van der Waals surface area contributed by atoms with E-state index in [0.29, 0.717) is 29.1 Å². The normalized spacial score (nSPS) is 20.7. The summed E-state index contributed by atoms with van der Waals surface area (Å²) in [6, 6.07) is 8.39. The third kappa shape index (κ3) is 7.02. The Hall–Kier alpha value is -4.65. The number of aromatic nitrogens is 4. The van der Waals surface area contributed by atoms with Crippen LogP contribution in [0.1, 0.15) is 85.7 Å². The summed E-state index contributed by atoms with van der Waals surface area (Å²) in [6.45, 7) is 11.8. The summed E-state index contributed by atoms with van der Waals surface area (Å²) < 4.78 is 91.8. The lowest BCUT2D eigenvalue weighted by Gasteiger charge is -2.32. The highest BCUT2D eigenvalue weighted by atomic mass is 19.4. The molecule has 12 nitrogen and oxygen atoms in total. The molecule has 0 aliphatic carbocycles. The molecule has 7 rings (SSSR count). The van der Waals surface area contributed by atoms with Crippen molar-refractivity contribution in [3.8, 4) is 0 Å². The van der Waals surface area contributed by atoms with Gasteiger partial charge in [-0.1, -0.05) is 0 Å². The lowest BCUT2D eigenvalue weighted by molar-refractivity contribution is -0.138. The molecular formula is C34H36B2F6N6O6. The Morgan fingerprint density at radius 2 is 1.09 bits per heavy atom. The van der Waals surface area contributed by atoms with E-state index < -0.39 is 54.8 Å². The molecule has 286 valence electrons. The Labute approximate surface area is 306 Å². The minimum absolute atomic E-state index is 0.0173. The van der Waals surface area contributed by atoms with Gasteiger partial charge >= 0.3 is 26.6 Å². The molecule has 1 fully saturated rings. The zero-order valence-corrected chi connectivity index (χ0v) is 30.0. The molecule has 2 aromatic heterocycles. The molecule has 54 heavy (non-hydrogen) atoms. The molecule has 20 heteroatoms. The highest BCUT2D eigenvalue weighted by molar-refractivity contribution is 6.63. The Morgan fingerprint density at radius 1 is 0.704 bits per heavy atom. The summed E-state index contributed by atoms with van der Waals surface area (Å²) >= 11 is 0. The Balaban J connectivity index is 0.000000189. The molecular weight excluding hydrogens is 724 g/mol. The second kappa shape index (κ2) is 13.6. The molecule has 2 aromatic carbocycles. The first-order valence-corrected chi connectivity index (χ1v) is 16.9. The van der Waals surface area contributed by atoms with Crippen LogP contribution in [0.5, 0.6) is 0 Å². The number of carbonyl (C=O) groups is 2. The average Bonchev–Trinajstić information content (AvgIpc) is 3.79. The summed E-state index contributed by atoms with van der Waals surface area (Å²) in [5.41, 5.74) is -1.21. The van der Waals surface area contributed by atoms with Gasteiger partial charge in [0.15, 0.2) is 0 Å². The van der Waals surface area contributed by atoms with Crippen molar-refractivity contribution < 1.29 is 55.3 Å². The van der Waals surface area contributed by atoms with Crippen LogP contribution < -0.4 is 20.7 Å². The third-order valence-electron chi connectivity index (χ3n) is 10.1. The van der Waals surface area contributed by atoms with Gasteiger partial charge in [-0.2, -0.15) is 36.5 Å². The van der Waals surface area contributed by atoms with Gasteiger partial charge in [-0.25, -0.2) is 0 Å². The van der Waals surface area contributed by atoms with Gasteiger partial charge in [0, 0.05) is 47.8 Å². The van der Waals surface area contributed by atoms with E-state index in [2.05, 4.69) is 10.2 Å². The van der Waals surface area contributed by atoms with E-state index in [9.17, 15) is 46.0 Å². The molecule has 0 spiro atoms. The van der Waals surface area contributed by atoms with Crippen LogP contribution in [0, 0.1) is 0 Å². The minimum atomic E-state index is -4.45. The van der Waals surface area contributed by atoms with Crippen molar-refractivity contribution in [2.75, 3.05) is 22.9 Å². The van der Waals surface area contributed by atoms with Crippen molar-refractivity contribution in [1.29, 1.82) is 0 Å². The van der Waals surface area contributed by atoms with Crippen molar-refractivity contribution in [1.82, 2.24) is 19.6 Å². The number of carbonyl (C=O) groups excluding carboxylic acids is 2. The standard InChI is InChI=1S/C20H23BF3N3O3.C14H13BF3N3O3/c1-12-11-26(14-8-6-13(7-9-14)20(22,23)24)17(28)16-15(10-25-27(12)16)21-29-18(2,3)19(4,5)30-21;1-8-7-20(10-4-2-9(3-5-10)14(16,17)18)13(22)12-11(15(23)24)6-19-21(8)12/h6-10,12H,11H2,1-5H3;2-6,8,23-24H,7H2,1H3. The summed E-state index contributed by atoms with van der Waals surface area (Å²) in [4.78, 5) is 28.8. The third-order valence-corrected chi connectivity index (χ3v) is 10.1. The number of anilines is 2. The topological polar surface area (TPSA) is 135 Å². The molecule has 4 aromatic rings. The van der Waals surface area contributed by atoms with Crippen LogP contribution >= 0.6 is 0 Å². The maximum atomic E-state index is 13.3. The number of hydrogen-bond donors (Lipinski definition) is 2. The van der Waals surface area contributed by atoms with E-state index in [1.165, 1.54) is 44.9 Å². The molecule has 0 saturated carbocycles. The number of fused-ring (bicyclic) bond motifs is 2. The van der Waals surface area contributed by atoms with Gasteiger partial charge in [-0.05, 0) is 90.1 Å². The van der Waals surface area contributed by atoms with Crippen LogP contribution in [0.2, 0.25) is 0 Å². The minimum Gasteiger partial charge on any atom is -0.423 e. The molecule has 5 heterocycles. The van der Waals surface area contributed by atoms with Crippen LogP contribution in [0.15, 0.2) is 60.9 Å². The van der Waals surface area contributed by atoms with E-state index >= 15 is 0 Å². The second-order valence-electron chi connectivity index (χ2n) is 14.4. The summed E-state index contributed by atoms with van der Waals surface area (Å²) in [7, 11) is -2.63. The average molecular weight is 760 g/mol. The van der Waals surface area contributed by atoms with Crippen molar-refractivity contribution in [3.05, 3.63) is 83.4 Å². The number of hydrogen-bond acceptors (Lipinski definition) is 8. The first-order valence-electron chi connectivity index (χ1n) is 16.9. The highest BCUT2D eigenvalue weighted by Crippen LogP contribution is 2.38. The van der Waals surface area contributed by atoms with Crippen LogP contribution in [0.4, 0.5) is 37.7 Å². The van der Waals surface area contributed by atoms with Gasteiger partial charge in [0.1, 0.15) is 11.4 Å². The highest BCUT2D eigenvalue weighted by Gasteiger charge is 2.54. The number of halogens is 6. The first kappa shape index (κ1) is 39.1. The Morgan fingerprint density at radius 3 is 1.50 bits per heavy atom. The molecule has 3 aliphatic rings. The Bertz CT molecular complexity index is 2020. The fraction of sp³-hybridized carbons (Fsp3) is 0.412. The van der Waals surface area contributed by atoms with Gasteiger partial charge < -0.3 is 29.2 Å². The first-order chi connectivity index (χ1) is 25.0. The molecule has 2 N–H and O–H groups in total. The smallest absolute Gasteiger partial charge is 0.423 e. The summed E-state index contributed by atoms with van der Waals surface area (Å²) in [5, 5.41) is 27.1. The van der Waals surface area contributed by atoms with E-state index in [1.807, 2.05) is 34.6 Å². The van der Waals surface area contributed by atoms with Crippen LogP contribution in [-0.4, -0.2) is 80.0 Å². The molecule has 3 aliphatic heterocycles. The maximum Gasteiger partial charge on any atom is 0.498 e. The van der Waals surface area contributed by atoms with Crippen LogP contribution in [0.3, 0.4) is 0 Å². The predicted octanol–water partition coefficient (Wildman–Crippen LogP) is 4.23. The fourth-order valence-corrected chi connectivity index (χ4v) is 6.40. The van der Waals surface area contributed by atoms with E-state index in [1.54, 1.807) is 17.8 Å². The zero-order chi connectivity index (χ0) is 39.7. The fourth-order valence-electron chi connectivity index (χ4n) is 6.40. The van der Waals surface area contributed by atoms with Crippen LogP contribution in [0.25, 0.3) is 0 Å². The van der Waals surface area contributed by atoms with E-state index in [-0.39, 0.29) is 35.7 Å². The molecule has 2 atom stereocenters. The van der Waals surface area contributed by atoms with Crippen molar-refractivity contribution in [2.24, 2.45) is 0 Å². The predicted molar refractivity (Wildman–Crippen MR) is 186 cm³/mol. The second-order valence-corrected chi connectivity index (χ2v) is 14.4. The molecule has 1 saturated heterocycles. The SMILES string of the molecule is CC1CN(c2ccc(C(F)(F)F)cc2)C(=O)c2c(B(O)O)cnn21.CC1CN(c2ccc(C(F)(F)F)cc2)C(=O)c2c(B3OC(C)(C)C(C)(C)O3)cnn21. The maximum absolute atomic E-state index is 13.3. The molecule has 0 radical (unpaired) electrons. The van der Waals surface area contributed by atoms with E-state index in [4.69, 9.17) is 9.31 Å². The van der Waals surface area contributed by atoms with Gasteiger partial charge in [0.2, 0.25) is 0 Å². The van der Waals surface area contributed by atoms with Crippen LogP contribution in [-0.2, 0) is 21.7 Å². The lowest BCUT2D eigenvalue weighted by Crippen LogP contribution is -2.47. The number of rotatable bonds is 4. The largest absolute Gasteiger partial charge is 0.498 e. The van der Waals surface area contributed by atoms with Crippen molar-refractivity contribution >= 4 is 48.4 Å². The summed E-state index contributed by atoms with van der Waals surface area (Å²) in [6.07, 6.45) is -6.11. The quantitative estimate of drug-likeness (QED) is 0.234. The lowest BCUT2D eigenvalue weighted by atomic mass is 9.78. The number of alkyl halides is 6. The van der Waals surface area contributed by atoms with E-state index in [0.717, 1.165) is 24.3 Å². The van der Waals surface area contributed by atoms with Crippen molar-refractivity contribution in [3.63, 3.8) is 0 Å². The summed E-state index contributed by atoms with van der Waals surface area (Å²) in [5.74, 6) is -0.900. The van der Waals surface area contributed by atoms with Gasteiger partial charge in [-0.3, -0.25) is 19.0 Å². The molecule has 0 bridgehead atoms. The van der Waals surface area contributed by atoms with Gasteiger partial charge in [0.25, 0.3) is 11.8 Å². The molecule has 2 amide bonds. The van der Waals surface area contributed by atoms with Crippen molar-refractivity contribution in [2.45, 2.75) is 77.2 Å².